The molecule has 2 heterocycles. The van der Waals surface area contributed by atoms with Crippen molar-refractivity contribution in [3.8, 4) is 5.69 Å². The molecule has 1 aromatic carbocycles. The molecule has 2 atom stereocenters. The van der Waals surface area contributed by atoms with Crippen molar-refractivity contribution >= 4 is 28.6 Å². The van der Waals surface area contributed by atoms with Crippen LogP contribution in [-0.2, 0) is 11.3 Å². The first-order valence-corrected chi connectivity index (χ1v) is 10.7. The van der Waals surface area contributed by atoms with Crippen LogP contribution >= 0.6 is 11.6 Å². The van der Waals surface area contributed by atoms with Gasteiger partial charge in [0.25, 0.3) is 5.56 Å². The predicted molar refractivity (Wildman–Crippen MR) is 121 cm³/mol. The van der Waals surface area contributed by atoms with Gasteiger partial charge in [-0.15, -0.1) is 11.6 Å². The topological polar surface area (TPSA) is 119 Å². The highest BCUT2D eigenvalue weighted by atomic mass is 35.5. The van der Waals surface area contributed by atoms with Gasteiger partial charge in [-0.05, 0) is 25.1 Å². The zero-order valence-corrected chi connectivity index (χ0v) is 18.8. The van der Waals surface area contributed by atoms with Gasteiger partial charge in [0.2, 0.25) is 0 Å². The second-order valence-electron chi connectivity index (χ2n) is 7.76. The molecule has 1 aliphatic rings. The van der Waals surface area contributed by atoms with E-state index in [1.807, 2.05) is 0 Å². The fraction of sp³-hybridized carbons (Fsp3) is 0.273. The molecule has 0 saturated heterocycles. The van der Waals surface area contributed by atoms with Gasteiger partial charge in [0, 0.05) is 18.7 Å². The summed E-state index contributed by atoms with van der Waals surface area (Å²) in [6.07, 6.45) is 0.400. The van der Waals surface area contributed by atoms with Crippen molar-refractivity contribution in [3.63, 3.8) is 0 Å². The number of aromatic nitrogens is 4. The molecule has 2 N–H and O–H groups in total. The highest BCUT2D eigenvalue weighted by Gasteiger charge is 2.56. The number of halogens is 4. The largest absolute Gasteiger partial charge is 0.462 e. The summed E-state index contributed by atoms with van der Waals surface area (Å²) in [5.74, 6) is -2.59. The van der Waals surface area contributed by atoms with Crippen molar-refractivity contribution < 1.29 is 22.7 Å². The molecule has 0 saturated carbocycles. The lowest BCUT2D eigenvalue weighted by molar-refractivity contribution is -0.159. The average Bonchev–Trinajstić information content (AvgIpc) is 3.16. The number of fused-ring (bicyclic) bond motifs is 1. The van der Waals surface area contributed by atoms with E-state index in [-0.39, 0.29) is 12.3 Å². The Hall–Kier alpha value is -3.80. The molecule has 184 valence electrons. The number of ether oxygens (including phenoxy) is 1. The lowest BCUT2D eigenvalue weighted by Crippen LogP contribution is -2.50. The van der Waals surface area contributed by atoms with Crippen molar-refractivity contribution in [2.24, 2.45) is 5.92 Å². The maximum atomic E-state index is 13.8. The molecule has 35 heavy (non-hydrogen) atoms. The number of hydrogen-bond acceptors (Lipinski definition) is 5. The van der Waals surface area contributed by atoms with E-state index in [1.54, 1.807) is 0 Å². The molecule has 13 heteroatoms. The summed E-state index contributed by atoms with van der Waals surface area (Å²) in [5, 5.41) is 0. The number of imidazole rings is 1. The number of hydrogen-bond donors (Lipinski definition) is 2. The summed E-state index contributed by atoms with van der Waals surface area (Å²) in [4.78, 5) is 52.6. The third-order valence-corrected chi connectivity index (χ3v) is 6.21. The Bertz CT molecular complexity index is 1550. The van der Waals surface area contributed by atoms with Crippen LogP contribution in [0.25, 0.3) is 16.7 Å². The van der Waals surface area contributed by atoms with Gasteiger partial charge in [-0.25, -0.2) is 14.4 Å². The first kappa shape index (κ1) is 24.3. The molecule has 2 unspecified atom stereocenters. The van der Waals surface area contributed by atoms with Crippen LogP contribution in [0, 0.1) is 5.92 Å². The molecule has 3 aromatic rings. The SMILES string of the molecule is CCOC(=O)c1cn(-c2ccc3[nH]c(=O)[nH]c3c2)c(=O)n(CC2C=CC=CC2(Cl)C(F)(F)F)c1=O. The summed E-state index contributed by atoms with van der Waals surface area (Å²) in [7, 11) is 0. The molecule has 0 bridgehead atoms. The number of aromatic amines is 2. The smallest absolute Gasteiger partial charge is 0.411 e. The third-order valence-electron chi connectivity index (χ3n) is 5.59. The molecule has 4 rings (SSSR count). The fourth-order valence-corrected chi connectivity index (χ4v) is 4.03. The van der Waals surface area contributed by atoms with Crippen LogP contribution in [0.3, 0.4) is 0 Å². The molecule has 0 aliphatic heterocycles. The number of H-pyrrole nitrogens is 2. The molecule has 0 fully saturated rings. The van der Waals surface area contributed by atoms with Crippen LogP contribution in [-0.4, -0.2) is 42.7 Å². The third kappa shape index (κ3) is 4.25. The van der Waals surface area contributed by atoms with Gasteiger partial charge < -0.3 is 14.7 Å². The van der Waals surface area contributed by atoms with Gasteiger partial charge in [-0.1, -0.05) is 24.3 Å². The van der Waals surface area contributed by atoms with E-state index in [0.717, 1.165) is 29.0 Å². The Morgan fingerprint density at radius 1 is 1.17 bits per heavy atom. The number of carbonyl (C=O) groups is 1. The summed E-state index contributed by atoms with van der Waals surface area (Å²) < 4.78 is 47.7. The van der Waals surface area contributed by atoms with Crippen molar-refractivity contribution in [1.82, 2.24) is 19.1 Å². The van der Waals surface area contributed by atoms with E-state index in [2.05, 4.69) is 9.97 Å². The predicted octanol–water partition coefficient (Wildman–Crippen LogP) is 2.63. The van der Waals surface area contributed by atoms with Crippen LogP contribution < -0.4 is 16.9 Å². The standard InChI is InChI=1S/C22H18ClF3N4O5/c1-2-35-18(32)14-11-29(13-6-7-15-16(9-13)28-19(33)27-15)20(34)30(17(14)31)10-12-5-3-4-8-21(12,23)22(24,25)26/h3-9,11-12H,2,10H2,1H3,(H2,27,28,33). The first-order valence-electron chi connectivity index (χ1n) is 10.3. The highest BCUT2D eigenvalue weighted by molar-refractivity contribution is 6.26. The normalized spacial score (nSPS) is 19.9. The Labute approximate surface area is 199 Å². The van der Waals surface area contributed by atoms with E-state index in [4.69, 9.17) is 16.3 Å². The Morgan fingerprint density at radius 3 is 2.57 bits per heavy atom. The number of carbonyl (C=O) groups excluding carboxylic acids is 1. The molecule has 1 aliphatic carbocycles. The maximum absolute atomic E-state index is 13.8. The van der Waals surface area contributed by atoms with Crippen LogP contribution in [0.4, 0.5) is 13.2 Å². The van der Waals surface area contributed by atoms with Crippen molar-refractivity contribution in [2.75, 3.05) is 6.61 Å². The van der Waals surface area contributed by atoms with E-state index in [9.17, 15) is 32.3 Å². The summed E-state index contributed by atoms with van der Waals surface area (Å²) in [6, 6.07) is 4.32. The van der Waals surface area contributed by atoms with Crippen molar-refractivity contribution in [2.45, 2.75) is 24.5 Å². The first-order chi connectivity index (χ1) is 16.5. The minimum Gasteiger partial charge on any atom is -0.462 e. The Kier molecular flexibility index (Phi) is 6.09. The summed E-state index contributed by atoms with van der Waals surface area (Å²) in [6.45, 7) is 0.661. The molecule has 9 nitrogen and oxygen atoms in total. The minimum absolute atomic E-state index is 0.0804. The monoisotopic (exact) mass is 510 g/mol. The molecular weight excluding hydrogens is 493 g/mol. The lowest BCUT2D eigenvalue weighted by atomic mass is 9.86. The number of allylic oxidation sites excluding steroid dienone is 4. The van der Waals surface area contributed by atoms with Crippen LogP contribution in [0.15, 0.2) is 63.1 Å². The minimum atomic E-state index is -4.90. The van der Waals surface area contributed by atoms with Crippen LogP contribution in [0.5, 0.6) is 0 Å². The van der Waals surface area contributed by atoms with Gasteiger partial charge in [-0.2, -0.15) is 13.2 Å². The van der Waals surface area contributed by atoms with Crippen LogP contribution in [0.1, 0.15) is 17.3 Å². The second kappa shape index (κ2) is 8.77. The number of nitrogens with zero attached hydrogens (tertiary/aromatic N) is 2. The lowest BCUT2D eigenvalue weighted by Gasteiger charge is -2.34. The fourth-order valence-electron chi connectivity index (χ4n) is 3.82. The average molecular weight is 511 g/mol. The summed E-state index contributed by atoms with van der Waals surface area (Å²) >= 11 is 5.93. The molecule has 0 radical (unpaired) electrons. The van der Waals surface area contributed by atoms with Gasteiger partial charge in [0.15, 0.2) is 4.87 Å². The number of alkyl halides is 4. The molecular formula is C22H18ClF3N4O5. The van der Waals surface area contributed by atoms with E-state index >= 15 is 0 Å². The van der Waals surface area contributed by atoms with Crippen molar-refractivity contribution in [1.29, 1.82) is 0 Å². The Morgan fingerprint density at radius 2 is 1.89 bits per heavy atom. The highest BCUT2D eigenvalue weighted by Crippen LogP contribution is 2.45. The van der Waals surface area contributed by atoms with Gasteiger partial charge in [0.1, 0.15) is 5.56 Å². The van der Waals surface area contributed by atoms with Crippen molar-refractivity contribution in [3.05, 3.63) is 85.6 Å². The zero-order valence-electron chi connectivity index (χ0n) is 18.1. The summed E-state index contributed by atoms with van der Waals surface area (Å²) in [5.41, 5.74) is -2.28. The van der Waals surface area contributed by atoms with Gasteiger partial charge >= 0.3 is 23.5 Å². The number of nitrogens with one attached hydrogen (secondary N) is 2. The second-order valence-corrected chi connectivity index (χ2v) is 8.38. The number of esters is 1. The van der Waals surface area contributed by atoms with Crippen LogP contribution in [0.2, 0.25) is 0 Å². The molecule has 2 aromatic heterocycles. The molecule has 0 amide bonds. The van der Waals surface area contributed by atoms with E-state index < -0.39 is 52.0 Å². The number of rotatable bonds is 5. The van der Waals surface area contributed by atoms with E-state index in [0.29, 0.717) is 15.6 Å². The quantitative estimate of drug-likeness (QED) is 0.404. The van der Waals surface area contributed by atoms with Gasteiger partial charge in [0.05, 0.1) is 23.3 Å². The molecule has 0 spiro atoms. The van der Waals surface area contributed by atoms with E-state index in [1.165, 1.54) is 31.2 Å². The Balaban J connectivity index is 1.91. The number of benzene rings is 1. The maximum Gasteiger partial charge on any atom is 0.411 e. The van der Waals surface area contributed by atoms with Gasteiger partial charge in [-0.3, -0.25) is 13.9 Å². The zero-order chi connectivity index (χ0) is 25.5.